The molecule has 8 heteroatoms. The molecule has 5 rings (SSSR count). The maximum absolute atomic E-state index is 13.8. The predicted molar refractivity (Wildman–Crippen MR) is 169 cm³/mol. The monoisotopic (exact) mass is 571 g/mol. The lowest BCUT2D eigenvalue weighted by Gasteiger charge is -2.37. The SMILES string of the molecule is CCN(c1cc(-c2cccc(CN3CCOCC3)c2)cc(C(=O)NCc2c(C)cc(C)[nH]c2=O)c1C)C1CCNCC1. The second-order valence-corrected chi connectivity index (χ2v) is 11.6. The maximum Gasteiger partial charge on any atom is 0.253 e. The summed E-state index contributed by atoms with van der Waals surface area (Å²) in [6.07, 6.45) is 2.15. The molecule has 2 fully saturated rings. The zero-order chi connectivity index (χ0) is 29.6. The van der Waals surface area contributed by atoms with Gasteiger partial charge in [-0.3, -0.25) is 14.5 Å². The highest BCUT2D eigenvalue weighted by molar-refractivity contribution is 5.99. The van der Waals surface area contributed by atoms with Gasteiger partial charge in [0, 0.05) is 61.3 Å². The van der Waals surface area contributed by atoms with Gasteiger partial charge in [0.25, 0.3) is 11.5 Å². The normalized spacial score (nSPS) is 16.4. The van der Waals surface area contributed by atoms with E-state index in [1.54, 1.807) is 0 Å². The lowest BCUT2D eigenvalue weighted by atomic mass is 9.94. The number of carbonyl (C=O) groups excluding carboxylic acids is 1. The molecule has 0 spiro atoms. The summed E-state index contributed by atoms with van der Waals surface area (Å²) in [5.74, 6) is -0.166. The van der Waals surface area contributed by atoms with E-state index in [0.717, 1.165) is 99.0 Å². The number of amides is 1. The largest absolute Gasteiger partial charge is 0.379 e. The van der Waals surface area contributed by atoms with Crippen LogP contribution in [0.5, 0.6) is 0 Å². The summed E-state index contributed by atoms with van der Waals surface area (Å²) < 4.78 is 5.53. The number of hydrogen-bond donors (Lipinski definition) is 3. The summed E-state index contributed by atoms with van der Waals surface area (Å²) in [4.78, 5) is 34.2. The fourth-order valence-corrected chi connectivity index (χ4v) is 6.38. The van der Waals surface area contributed by atoms with E-state index in [9.17, 15) is 9.59 Å². The Balaban J connectivity index is 1.50. The molecule has 2 aliphatic rings. The molecule has 0 saturated carbocycles. The first-order valence-electron chi connectivity index (χ1n) is 15.3. The number of nitrogens with one attached hydrogen (secondary N) is 3. The molecule has 3 heterocycles. The number of nitrogens with zero attached hydrogens (tertiary/aromatic N) is 2. The Labute approximate surface area is 249 Å². The molecule has 0 aliphatic carbocycles. The van der Waals surface area contributed by atoms with Crippen LogP contribution in [0.25, 0.3) is 11.1 Å². The Hall–Kier alpha value is -3.46. The number of carbonyl (C=O) groups is 1. The maximum atomic E-state index is 13.8. The second kappa shape index (κ2) is 13.7. The summed E-state index contributed by atoms with van der Waals surface area (Å²) in [5, 5.41) is 6.54. The lowest BCUT2D eigenvalue weighted by molar-refractivity contribution is 0.0342. The third kappa shape index (κ3) is 6.94. The van der Waals surface area contributed by atoms with Crippen LogP contribution in [0.1, 0.15) is 58.1 Å². The van der Waals surface area contributed by atoms with Gasteiger partial charge in [0.15, 0.2) is 0 Å². The summed E-state index contributed by atoms with van der Waals surface area (Å²) in [5.41, 5.74) is 8.23. The molecule has 3 N–H and O–H groups in total. The van der Waals surface area contributed by atoms with Crippen molar-refractivity contribution in [2.75, 3.05) is 50.8 Å². The fourth-order valence-electron chi connectivity index (χ4n) is 6.38. The van der Waals surface area contributed by atoms with Gasteiger partial charge in [-0.05, 0) is 106 Å². The van der Waals surface area contributed by atoms with Crippen LogP contribution in [0.4, 0.5) is 5.69 Å². The van der Waals surface area contributed by atoms with E-state index in [-0.39, 0.29) is 18.0 Å². The van der Waals surface area contributed by atoms with E-state index in [0.29, 0.717) is 17.2 Å². The number of aromatic amines is 1. The number of pyridine rings is 1. The Morgan fingerprint density at radius 1 is 1.05 bits per heavy atom. The van der Waals surface area contributed by atoms with Gasteiger partial charge >= 0.3 is 0 Å². The molecule has 0 unspecified atom stereocenters. The van der Waals surface area contributed by atoms with Gasteiger partial charge in [0.2, 0.25) is 0 Å². The molecule has 42 heavy (non-hydrogen) atoms. The summed E-state index contributed by atoms with van der Waals surface area (Å²) in [6, 6.07) is 15.3. The number of benzene rings is 2. The van der Waals surface area contributed by atoms with E-state index in [4.69, 9.17) is 4.74 Å². The summed E-state index contributed by atoms with van der Waals surface area (Å²) in [7, 11) is 0. The van der Waals surface area contributed by atoms with Crippen molar-refractivity contribution >= 4 is 11.6 Å². The zero-order valence-electron chi connectivity index (χ0n) is 25.5. The predicted octanol–water partition coefficient (Wildman–Crippen LogP) is 4.31. The van der Waals surface area contributed by atoms with Crippen LogP contribution in [0.15, 0.2) is 47.3 Å². The van der Waals surface area contributed by atoms with Crippen LogP contribution < -0.4 is 21.1 Å². The van der Waals surface area contributed by atoms with Crippen LogP contribution in [-0.4, -0.2) is 67.8 Å². The van der Waals surface area contributed by atoms with Crippen molar-refractivity contribution in [2.24, 2.45) is 0 Å². The van der Waals surface area contributed by atoms with E-state index in [1.165, 1.54) is 5.56 Å². The highest BCUT2D eigenvalue weighted by Gasteiger charge is 2.25. The molecule has 8 nitrogen and oxygen atoms in total. The third-order valence-corrected chi connectivity index (χ3v) is 8.71. The average molecular weight is 572 g/mol. The number of aromatic nitrogens is 1. The van der Waals surface area contributed by atoms with Crippen molar-refractivity contribution < 1.29 is 9.53 Å². The number of hydrogen-bond acceptors (Lipinski definition) is 6. The Morgan fingerprint density at radius 3 is 2.52 bits per heavy atom. The van der Waals surface area contributed by atoms with Crippen LogP contribution in [-0.2, 0) is 17.8 Å². The Bertz CT molecular complexity index is 1450. The minimum atomic E-state index is -0.166. The quantitative estimate of drug-likeness (QED) is 0.355. The molecule has 224 valence electrons. The van der Waals surface area contributed by atoms with Crippen LogP contribution in [0, 0.1) is 20.8 Å². The Kier molecular flexibility index (Phi) is 9.77. The number of piperidine rings is 1. The topological polar surface area (TPSA) is 89.7 Å². The molecule has 2 saturated heterocycles. The standard InChI is InChI=1S/C34H45N5O3/c1-5-39(29-9-11-35-12-10-29)32-20-28(27-8-6-7-26(18-27)22-38-13-15-42-16-14-38)19-30(25(32)4)33(40)36-21-31-23(2)17-24(3)37-34(31)41/h6-8,17-20,29,35H,5,9-16,21-22H2,1-4H3,(H,36,40)(H,37,41). The number of H-pyrrole nitrogens is 1. The number of morpholine rings is 1. The van der Waals surface area contributed by atoms with Crippen molar-refractivity contribution in [1.82, 2.24) is 20.5 Å². The van der Waals surface area contributed by atoms with Gasteiger partial charge in [0.1, 0.15) is 0 Å². The van der Waals surface area contributed by atoms with Gasteiger partial charge in [-0.25, -0.2) is 0 Å². The average Bonchev–Trinajstić information content (AvgIpc) is 2.99. The second-order valence-electron chi connectivity index (χ2n) is 11.6. The van der Waals surface area contributed by atoms with Gasteiger partial charge in [-0.1, -0.05) is 18.2 Å². The first-order valence-corrected chi connectivity index (χ1v) is 15.3. The summed E-state index contributed by atoms with van der Waals surface area (Å²) >= 11 is 0. The van der Waals surface area contributed by atoms with Gasteiger partial charge in [-0.2, -0.15) is 0 Å². The van der Waals surface area contributed by atoms with Gasteiger partial charge in [0.05, 0.1) is 13.2 Å². The molecular weight excluding hydrogens is 526 g/mol. The summed E-state index contributed by atoms with van der Waals surface area (Å²) in [6.45, 7) is 15.4. The minimum Gasteiger partial charge on any atom is -0.379 e. The van der Waals surface area contributed by atoms with Crippen molar-refractivity contribution in [3.63, 3.8) is 0 Å². The third-order valence-electron chi connectivity index (χ3n) is 8.71. The van der Waals surface area contributed by atoms with Crippen molar-refractivity contribution in [3.05, 3.63) is 86.3 Å². The van der Waals surface area contributed by atoms with E-state index in [1.807, 2.05) is 26.0 Å². The first kappa shape index (κ1) is 30.0. The van der Waals surface area contributed by atoms with Crippen LogP contribution >= 0.6 is 0 Å². The molecule has 0 bridgehead atoms. The highest BCUT2D eigenvalue weighted by Crippen LogP contribution is 2.34. The molecule has 1 aromatic heterocycles. The fraction of sp³-hybridized carbons (Fsp3) is 0.471. The van der Waals surface area contributed by atoms with Gasteiger partial charge in [-0.15, -0.1) is 0 Å². The molecular formula is C34H45N5O3. The van der Waals surface area contributed by atoms with Gasteiger partial charge < -0.3 is 25.3 Å². The number of ether oxygens (including phenoxy) is 1. The van der Waals surface area contributed by atoms with E-state index < -0.39 is 0 Å². The van der Waals surface area contributed by atoms with E-state index in [2.05, 4.69) is 69.6 Å². The first-order chi connectivity index (χ1) is 20.3. The number of anilines is 1. The smallest absolute Gasteiger partial charge is 0.253 e. The zero-order valence-corrected chi connectivity index (χ0v) is 25.5. The lowest BCUT2D eigenvalue weighted by Crippen LogP contribution is -2.43. The molecule has 1 amide bonds. The van der Waals surface area contributed by atoms with Crippen LogP contribution in [0.3, 0.4) is 0 Å². The van der Waals surface area contributed by atoms with Crippen molar-refractivity contribution in [3.8, 4) is 11.1 Å². The number of aryl methyl sites for hydroxylation is 2. The van der Waals surface area contributed by atoms with Crippen LogP contribution in [0.2, 0.25) is 0 Å². The van der Waals surface area contributed by atoms with Crippen molar-refractivity contribution in [1.29, 1.82) is 0 Å². The van der Waals surface area contributed by atoms with E-state index >= 15 is 0 Å². The minimum absolute atomic E-state index is 0.154. The Morgan fingerprint density at radius 2 is 1.81 bits per heavy atom. The molecule has 2 aromatic carbocycles. The van der Waals surface area contributed by atoms with Crippen molar-refractivity contribution in [2.45, 2.75) is 59.7 Å². The molecule has 2 aliphatic heterocycles. The molecule has 3 aromatic rings. The number of rotatable bonds is 9. The molecule has 0 atom stereocenters. The molecule has 0 radical (unpaired) electrons. The highest BCUT2D eigenvalue weighted by atomic mass is 16.5.